The maximum Gasteiger partial charge on any atom is 0.226 e. The van der Waals surface area contributed by atoms with Gasteiger partial charge in [0, 0.05) is 17.9 Å². The van der Waals surface area contributed by atoms with Gasteiger partial charge in [0.1, 0.15) is 18.2 Å². The lowest BCUT2D eigenvalue weighted by atomic mass is 9.86. The molecule has 6 rings (SSSR count). The fourth-order valence-corrected chi connectivity index (χ4v) is 4.56. The Morgan fingerprint density at radius 2 is 1.86 bits per heavy atom. The third-order valence-electron chi connectivity index (χ3n) is 6.23. The molecule has 35 heavy (non-hydrogen) atoms. The largest absolute Gasteiger partial charge is 0.489 e. The highest BCUT2D eigenvalue weighted by Gasteiger charge is 2.33. The summed E-state index contributed by atoms with van der Waals surface area (Å²) in [6, 6.07) is 21.6. The fourth-order valence-electron chi connectivity index (χ4n) is 4.56. The summed E-state index contributed by atoms with van der Waals surface area (Å²) < 4.78 is 9.39. The number of nitrogens with zero attached hydrogens (tertiary/aromatic N) is 6. The van der Waals surface area contributed by atoms with Gasteiger partial charge in [-0.05, 0) is 49.2 Å². The minimum absolute atomic E-state index is 0.0687. The van der Waals surface area contributed by atoms with Crippen molar-refractivity contribution < 1.29 is 9.53 Å². The van der Waals surface area contributed by atoms with Crippen LogP contribution in [0, 0.1) is 13.8 Å². The number of carbonyl (C=O) groups is 1. The Morgan fingerprint density at radius 3 is 2.71 bits per heavy atom. The normalized spacial score (nSPS) is 15.1. The molecule has 0 saturated heterocycles. The molecular formula is C26H23N7O2. The van der Waals surface area contributed by atoms with Gasteiger partial charge >= 0.3 is 0 Å². The lowest BCUT2D eigenvalue weighted by Gasteiger charge is -2.24. The van der Waals surface area contributed by atoms with E-state index in [0.29, 0.717) is 36.1 Å². The fraction of sp³-hybridized carbons (Fsp3) is 0.192. The van der Waals surface area contributed by atoms with Crippen LogP contribution in [0.4, 0.5) is 5.82 Å². The molecule has 0 fully saturated rings. The van der Waals surface area contributed by atoms with E-state index in [1.54, 1.807) is 9.20 Å². The summed E-state index contributed by atoms with van der Waals surface area (Å²) in [6.07, 6.45) is 0.332. The van der Waals surface area contributed by atoms with Gasteiger partial charge in [0.25, 0.3) is 0 Å². The molecule has 1 unspecified atom stereocenters. The smallest absolute Gasteiger partial charge is 0.226 e. The second kappa shape index (κ2) is 8.35. The molecule has 5 aromatic rings. The summed E-state index contributed by atoms with van der Waals surface area (Å²) in [6.45, 7) is 4.28. The molecule has 0 bridgehead atoms. The van der Waals surface area contributed by atoms with Crippen molar-refractivity contribution >= 4 is 17.4 Å². The van der Waals surface area contributed by atoms with Crippen LogP contribution in [0.1, 0.15) is 40.5 Å². The number of rotatable bonds is 5. The molecule has 9 heteroatoms. The lowest BCUT2D eigenvalue weighted by Crippen LogP contribution is -2.25. The van der Waals surface area contributed by atoms with Crippen LogP contribution >= 0.6 is 0 Å². The van der Waals surface area contributed by atoms with Crippen molar-refractivity contribution in [1.82, 2.24) is 29.6 Å². The second-order valence-electron chi connectivity index (χ2n) is 8.62. The predicted molar refractivity (Wildman–Crippen MR) is 130 cm³/mol. The Morgan fingerprint density at radius 1 is 1.00 bits per heavy atom. The molecule has 0 radical (unpaired) electrons. The number of ether oxygens (including phenoxy) is 1. The van der Waals surface area contributed by atoms with E-state index < -0.39 is 0 Å². The molecule has 1 amide bonds. The lowest BCUT2D eigenvalue weighted by molar-refractivity contribution is -0.116. The molecule has 0 spiro atoms. The first-order chi connectivity index (χ1) is 17.1. The number of hydrogen-bond acceptors (Lipinski definition) is 6. The van der Waals surface area contributed by atoms with E-state index in [0.717, 1.165) is 28.1 Å². The zero-order chi connectivity index (χ0) is 23.9. The Bertz CT molecular complexity index is 1560. The number of nitrogens with one attached hydrogen (secondary N) is 1. The average Bonchev–Trinajstić information content (AvgIpc) is 3.42. The molecule has 4 heterocycles. The maximum absolute atomic E-state index is 12.8. The molecule has 9 nitrogen and oxygen atoms in total. The first kappa shape index (κ1) is 21.0. The Labute approximate surface area is 201 Å². The van der Waals surface area contributed by atoms with Crippen LogP contribution in [0.5, 0.6) is 5.75 Å². The molecule has 0 saturated carbocycles. The van der Waals surface area contributed by atoms with Gasteiger partial charge in [-0.1, -0.05) is 42.5 Å². The minimum atomic E-state index is -0.145. The highest BCUT2D eigenvalue weighted by Crippen LogP contribution is 2.40. The number of fused-ring (bicyclic) bond motifs is 2. The molecule has 174 valence electrons. The van der Waals surface area contributed by atoms with Gasteiger partial charge in [0.2, 0.25) is 5.91 Å². The number of aryl methyl sites for hydroxylation is 2. The van der Waals surface area contributed by atoms with E-state index >= 15 is 0 Å². The number of benzene rings is 2. The summed E-state index contributed by atoms with van der Waals surface area (Å²) >= 11 is 0. The van der Waals surface area contributed by atoms with Crippen LogP contribution in [0.15, 0.2) is 66.7 Å². The molecule has 1 atom stereocenters. The van der Waals surface area contributed by atoms with Crippen molar-refractivity contribution in [3.05, 3.63) is 94.9 Å². The van der Waals surface area contributed by atoms with Gasteiger partial charge in [0.05, 0.1) is 5.69 Å². The molecule has 1 N–H and O–H groups in total. The van der Waals surface area contributed by atoms with E-state index in [-0.39, 0.29) is 11.8 Å². The van der Waals surface area contributed by atoms with Crippen LogP contribution in [-0.4, -0.2) is 35.5 Å². The van der Waals surface area contributed by atoms with E-state index in [1.165, 1.54) is 0 Å². The zero-order valence-corrected chi connectivity index (χ0v) is 19.3. The Balaban J connectivity index is 1.36. The molecule has 1 aliphatic heterocycles. The SMILES string of the molecule is Cc1nn(-c2ccc3nnc(C)n3n2)c2c1C(c1cccc(OCc3ccccc3)c1)CC(=O)N2. The molecule has 3 aromatic heterocycles. The van der Waals surface area contributed by atoms with Crippen LogP contribution in [0.3, 0.4) is 0 Å². The molecule has 0 aliphatic carbocycles. The van der Waals surface area contributed by atoms with E-state index in [4.69, 9.17) is 9.84 Å². The van der Waals surface area contributed by atoms with Crippen LogP contribution in [-0.2, 0) is 11.4 Å². The van der Waals surface area contributed by atoms with Crippen molar-refractivity contribution in [2.75, 3.05) is 5.32 Å². The zero-order valence-electron chi connectivity index (χ0n) is 19.3. The first-order valence-corrected chi connectivity index (χ1v) is 11.4. The van der Waals surface area contributed by atoms with E-state index in [1.807, 2.05) is 80.6 Å². The van der Waals surface area contributed by atoms with Crippen molar-refractivity contribution in [2.45, 2.75) is 32.8 Å². The highest BCUT2D eigenvalue weighted by molar-refractivity contribution is 5.95. The van der Waals surface area contributed by atoms with Gasteiger partial charge in [-0.3, -0.25) is 4.79 Å². The highest BCUT2D eigenvalue weighted by atomic mass is 16.5. The summed E-state index contributed by atoms with van der Waals surface area (Å²) in [5.41, 5.74) is 4.57. The topological polar surface area (TPSA) is 99.2 Å². The third kappa shape index (κ3) is 3.80. The number of amides is 1. The van der Waals surface area contributed by atoms with Crippen molar-refractivity contribution in [2.24, 2.45) is 0 Å². The van der Waals surface area contributed by atoms with Gasteiger partial charge in [-0.2, -0.15) is 14.3 Å². The quantitative estimate of drug-likeness (QED) is 0.422. The van der Waals surface area contributed by atoms with Crippen molar-refractivity contribution in [1.29, 1.82) is 0 Å². The summed E-state index contributed by atoms with van der Waals surface area (Å²) in [5.74, 6) is 2.43. The van der Waals surface area contributed by atoms with Crippen LogP contribution < -0.4 is 10.1 Å². The first-order valence-electron chi connectivity index (χ1n) is 11.4. The standard InChI is InChI=1S/C26H23N7O2/c1-16-25-21(19-9-6-10-20(13-19)35-15-18-7-4-3-5-8-18)14-24(34)27-26(25)33(30-16)23-12-11-22-29-28-17(2)32(22)31-23/h3-13,21H,14-15H2,1-2H3,(H,27,34). The molecule has 1 aliphatic rings. The van der Waals surface area contributed by atoms with Gasteiger partial charge in [-0.15, -0.1) is 15.3 Å². The summed E-state index contributed by atoms with van der Waals surface area (Å²) in [4.78, 5) is 12.8. The van der Waals surface area contributed by atoms with Gasteiger partial charge < -0.3 is 10.1 Å². The monoisotopic (exact) mass is 465 g/mol. The van der Waals surface area contributed by atoms with Gasteiger partial charge in [0.15, 0.2) is 17.3 Å². The summed E-state index contributed by atoms with van der Waals surface area (Å²) in [7, 11) is 0. The van der Waals surface area contributed by atoms with E-state index in [2.05, 4.69) is 20.6 Å². The predicted octanol–water partition coefficient (Wildman–Crippen LogP) is 3.98. The minimum Gasteiger partial charge on any atom is -0.489 e. The maximum atomic E-state index is 12.8. The van der Waals surface area contributed by atoms with E-state index in [9.17, 15) is 4.79 Å². The van der Waals surface area contributed by atoms with Crippen LogP contribution in [0.2, 0.25) is 0 Å². The average molecular weight is 466 g/mol. The number of aromatic nitrogens is 6. The van der Waals surface area contributed by atoms with Crippen LogP contribution in [0.25, 0.3) is 11.5 Å². The Hall–Kier alpha value is -4.53. The molecule has 2 aromatic carbocycles. The van der Waals surface area contributed by atoms with Crippen molar-refractivity contribution in [3.63, 3.8) is 0 Å². The third-order valence-corrected chi connectivity index (χ3v) is 6.23. The second-order valence-corrected chi connectivity index (χ2v) is 8.62. The summed E-state index contributed by atoms with van der Waals surface area (Å²) in [5, 5.41) is 20.6. The molecular weight excluding hydrogens is 442 g/mol. The van der Waals surface area contributed by atoms with Gasteiger partial charge in [-0.25, -0.2) is 0 Å². The number of hydrogen-bond donors (Lipinski definition) is 1. The van der Waals surface area contributed by atoms with Crippen molar-refractivity contribution in [3.8, 4) is 11.6 Å². The number of carbonyl (C=O) groups excluding carboxylic acids is 1. The Kier molecular flexibility index (Phi) is 5.02. The number of anilines is 1.